The predicted octanol–water partition coefficient (Wildman–Crippen LogP) is 3.81. The molecule has 6 nitrogen and oxygen atoms in total. The van der Waals surface area contributed by atoms with Crippen LogP contribution < -0.4 is 11.0 Å². The van der Waals surface area contributed by atoms with Crippen molar-refractivity contribution in [1.82, 2.24) is 20.1 Å². The van der Waals surface area contributed by atoms with Crippen molar-refractivity contribution in [3.8, 4) is 0 Å². The van der Waals surface area contributed by atoms with Gasteiger partial charge in [-0.25, -0.2) is 9.89 Å². The third-order valence-electron chi connectivity index (χ3n) is 5.06. The Balaban J connectivity index is 1.42. The number of carbonyl (C=O) groups is 1. The second kappa shape index (κ2) is 10.6. The van der Waals surface area contributed by atoms with E-state index in [2.05, 4.69) is 27.6 Å². The minimum Gasteiger partial charge on any atom is -0.348 e. The Morgan fingerprint density at radius 3 is 2.16 bits per heavy atom. The van der Waals surface area contributed by atoms with Crippen LogP contribution in [0, 0.1) is 0 Å². The summed E-state index contributed by atoms with van der Waals surface area (Å²) in [6.45, 7) is 0.404. The van der Waals surface area contributed by atoms with Crippen LogP contribution in [0.1, 0.15) is 22.7 Å². The van der Waals surface area contributed by atoms with Crippen LogP contribution in [0.25, 0.3) is 0 Å². The molecule has 0 radical (unpaired) electrons. The third kappa shape index (κ3) is 5.76. The maximum Gasteiger partial charge on any atom is 0.344 e. The van der Waals surface area contributed by atoms with E-state index in [4.69, 9.17) is 0 Å². The SMILES string of the molecule is O=C(CSc1n[nH]c(=O)n1Cc1ccccc1)NC(Cc1ccccc1)c1ccccc1. The van der Waals surface area contributed by atoms with Gasteiger partial charge in [-0.2, -0.15) is 0 Å². The van der Waals surface area contributed by atoms with E-state index >= 15 is 0 Å². The topological polar surface area (TPSA) is 79.8 Å². The van der Waals surface area contributed by atoms with Crippen molar-refractivity contribution in [2.45, 2.75) is 24.2 Å². The van der Waals surface area contributed by atoms with E-state index in [1.807, 2.05) is 78.9 Å². The van der Waals surface area contributed by atoms with Crippen molar-refractivity contribution in [1.29, 1.82) is 0 Å². The van der Waals surface area contributed by atoms with E-state index in [9.17, 15) is 9.59 Å². The Kier molecular flexibility index (Phi) is 7.19. The first-order valence-electron chi connectivity index (χ1n) is 10.4. The van der Waals surface area contributed by atoms with Crippen molar-refractivity contribution in [2.75, 3.05) is 5.75 Å². The molecule has 2 N–H and O–H groups in total. The van der Waals surface area contributed by atoms with Gasteiger partial charge in [-0.05, 0) is 23.1 Å². The fraction of sp³-hybridized carbons (Fsp3) is 0.160. The number of aromatic nitrogens is 3. The van der Waals surface area contributed by atoms with E-state index in [1.165, 1.54) is 11.8 Å². The van der Waals surface area contributed by atoms with Gasteiger partial charge >= 0.3 is 5.69 Å². The van der Waals surface area contributed by atoms with Crippen molar-refractivity contribution < 1.29 is 4.79 Å². The lowest BCUT2D eigenvalue weighted by Gasteiger charge is -2.19. The molecule has 4 rings (SSSR count). The molecule has 0 aliphatic rings. The van der Waals surface area contributed by atoms with Gasteiger partial charge in [-0.15, -0.1) is 5.10 Å². The maximum atomic E-state index is 12.8. The first-order chi connectivity index (χ1) is 15.7. The molecule has 1 unspecified atom stereocenters. The lowest BCUT2D eigenvalue weighted by atomic mass is 9.99. The van der Waals surface area contributed by atoms with Gasteiger partial charge in [-0.1, -0.05) is 103 Å². The van der Waals surface area contributed by atoms with Crippen LogP contribution in [0.4, 0.5) is 0 Å². The number of nitrogens with zero attached hydrogens (tertiary/aromatic N) is 2. The molecule has 0 saturated heterocycles. The zero-order valence-corrected chi connectivity index (χ0v) is 18.3. The Morgan fingerprint density at radius 1 is 0.906 bits per heavy atom. The normalized spacial score (nSPS) is 11.8. The highest BCUT2D eigenvalue weighted by atomic mass is 32.2. The summed E-state index contributed by atoms with van der Waals surface area (Å²) >= 11 is 1.25. The molecule has 1 heterocycles. The molecule has 0 spiro atoms. The van der Waals surface area contributed by atoms with Crippen LogP contribution in [0.5, 0.6) is 0 Å². The number of carbonyl (C=O) groups excluding carboxylic acids is 1. The lowest BCUT2D eigenvalue weighted by Crippen LogP contribution is -2.31. The molecule has 0 fully saturated rings. The number of amides is 1. The summed E-state index contributed by atoms with van der Waals surface area (Å²) in [6, 6.07) is 29.6. The standard InChI is InChI=1S/C25H24N4O2S/c30-23(18-32-25-28-27-24(31)29(25)17-20-12-6-2-7-13-20)26-22(21-14-8-3-9-15-21)16-19-10-4-1-5-11-19/h1-15,22H,16-18H2,(H,26,30)(H,27,31). The molecular formula is C25H24N4O2S. The molecular weight excluding hydrogens is 420 g/mol. The number of hydrogen-bond acceptors (Lipinski definition) is 4. The molecule has 4 aromatic rings. The fourth-order valence-corrected chi connectivity index (χ4v) is 4.23. The van der Waals surface area contributed by atoms with Crippen molar-refractivity contribution >= 4 is 17.7 Å². The van der Waals surface area contributed by atoms with Crippen LogP contribution in [0.3, 0.4) is 0 Å². The molecule has 0 aliphatic heterocycles. The number of hydrogen-bond donors (Lipinski definition) is 2. The van der Waals surface area contributed by atoms with Gasteiger partial charge in [0.1, 0.15) is 0 Å². The quantitative estimate of drug-likeness (QED) is 0.385. The van der Waals surface area contributed by atoms with Crippen LogP contribution in [-0.2, 0) is 17.8 Å². The van der Waals surface area contributed by atoms with Gasteiger partial charge in [0.05, 0.1) is 18.3 Å². The highest BCUT2D eigenvalue weighted by Crippen LogP contribution is 2.20. The fourth-order valence-electron chi connectivity index (χ4n) is 3.47. The van der Waals surface area contributed by atoms with Crippen molar-refractivity contribution in [3.05, 3.63) is 118 Å². The van der Waals surface area contributed by atoms with E-state index in [0.717, 1.165) is 16.7 Å². The number of nitrogens with one attached hydrogen (secondary N) is 2. The number of H-pyrrole nitrogens is 1. The molecule has 3 aromatic carbocycles. The predicted molar refractivity (Wildman–Crippen MR) is 127 cm³/mol. The molecule has 1 amide bonds. The summed E-state index contributed by atoms with van der Waals surface area (Å²) in [7, 11) is 0. The first kappa shape index (κ1) is 21.6. The summed E-state index contributed by atoms with van der Waals surface area (Å²) in [5.41, 5.74) is 2.91. The highest BCUT2D eigenvalue weighted by Gasteiger charge is 2.17. The van der Waals surface area contributed by atoms with Gasteiger partial charge < -0.3 is 5.32 Å². The molecule has 162 valence electrons. The maximum absolute atomic E-state index is 12.8. The van der Waals surface area contributed by atoms with Crippen LogP contribution in [0.2, 0.25) is 0 Å². The van der Waals surface area contributed by atoms with E-state index < -0.39 is 0 Å². The van der Waals surface area contributed by atoms with Gasteiger partial charge in [0, 0.05) is 0 Å². The molecule has 0 bridgehead atoms. The molecule has 0 aliphatic carbocycles. The summed E-state index contributed by atoms with van der Waals surface area (Å²) in [4.78, 5) is 25.0. The number of rotatable bonds is 9. The zero-order valence-electron chi connectivity index (χ0n) is 17.5. The Labute approximate surface area is 190 Å². The van der Waals surface area contributed by atoms with Crippen LogP contribution in [-0.4, -0.2) is 26.4 Å². The average Bonchev–Trinajstić information content (AvgIpc) is 3.18. The molecule has 32 heavy (non-hydrogen) atoms. The van der Waals surface area contributed by atoms with E-state index in [-0.39, 0.29) is 23.4 Å². The number of aromatic amines is 1. The molecule has 1 aromatic heterocycles. The second-order valence-electron chi connectivity index (χ2n) is 7.39. The van der Waals surface area contributed by atoms with Crippen molar-refractivity contribution in [2.24, 2.45) is 0 Å². The summed E-state index contributed by atoms with van der Waals surface area (Å²) in [5, 5.41) is 10.2. The van der Waals surface area contributed by atoms with Gasteiger partial charge in [-0.3, -0.25) is 9.36 Å². The Morgan fingerprint density at radius 2 is 1.50 bits per heavy atom. The smallest absolute Gasteiger partial charge is 0.344 e. The third-order valence-corrected chi connectivity index (χ3v) is 6.04. The number of thioether (sulfide) groups is 1. The number of benzene rings is 3. The molecule has 7 heteroatoms. The Bertz CT molecular complexity index is 1190. The lowest BCUT2D eigenvalue weighted by molar-refractivity contribution is -0.119. The highest BCUT2D eigenvalue weighted by molar-refractivity contribution is 7.99. The molecule has 1 atom stereocenters. The van der Waals surface area contributed by atoms with Crippen LogP contribution >= 0.6 is 11.8 Å². The second-order valence-corrected chi connectivity index (χ2v) is 8.33. The van der Waals surface area contributed by atoms with Crippen molar-refractivity contribution in [3.63, 3.8) is 0 Å². The largest absolute Gasteiger partial charge is 0.348 e. The van der Waals surface area contributed by atoms with Gasteiger partial charge in [0.15, 0.2) is 5.16 Å². The zero-order chi connectivity index (χ0) is 22.2. The van der Waals surface area contributed by atoms with Gasteiger partial charge in [0.2, 0.25) is 5.91 Å². The Hall–Kier alpha value is -3.58. The first-order valence-corrected chi connectivity index (χ1v) is 11.4. The monoisotopic (exact) mass is 444 g/mol. The minimum atomic E-state index is -0.289. The molecule has 0 saturated carbocycles. The minimum absolute atomic E-state index is 0.110. The van der Waals surface area contributed by atoms with E-state index in [1.54, 1.807) is 4.57 Å². The summed E-state index contributed by atoms with van der Waals surface area (Å²) in [5.74, 6) is 0.0542. The summed E-state index contributed by atoms with van der Waals surface area (Å²) < 4.78 is 1.55. The van der Waals surface area contributed by atoms with E-state index in [0.29, 0.717) is 18.1 Å². The summed E-state index contributed by atoms with van der Waals surface area (Å²) in [6.07, 6.45) is 0.697. The average molecular weight is 445 g/mol. The van der Waals surface area contributed by atoms with Gasteiger partial charge in [0.25, 0.3) is 0 Å². The van der Waals surface area contributed by atoms with Crippen LogP contribution in [0.15, 0.2) is 101 Å².